The second kappa shape index (κ2) is 8.00. The standard InChI is InChI=1S/C20H13ClN4O6/c1-29-15-6-12-13(7-16(15)30-2)25-18(17(24-12)19(26)27)31-20(28)14-8-22-10-4-3-9(21)5-11(10)23-14/h3-8H,1-2H3,(H,26,27). The maximum Gasteiger partial charge on any atom is 0.365 e. The summed E-state index contributed by atoms with van der Waals surface area (Å²) in [6.45, 7) is 0. The number of aromatic carboxylic acids is 1. The van der Waals surface area contributed by atoms with Crippen LogP contribution in [0.25, 0.3) is 22.1 Å². The first-order valence-electron chi connectivity index (χ1n) is 8.71. The Labute approximate surface area is 179 Å². The van der Waals surface area contributed by atoms with E-state index in [1.54, 1.807) is 18.2 Å². The maximum atomic E-state index is 12.6. The van der Waals surface area contributed by atoms with Crippen molar-refractivity contribution in [1.29, 1.82) is 0 Å². The molecule has 0 spiro atoms. The van der Waals surface area contributed by atoms with E-state index in [1.165, 1.54) is 32.5 Å². The fourth-order valence-electron chi connectivity index (χ4n) is 2.80. The number of esters is 1. The van der Waals surface area contributed by atoms with Gasteiger partial charge in [-0.1, -0.05) is 11.6 Å². The van der Waals surface area contributed by atoms with Gasteiger partial charge in [-0.15, -0.1) is 0 Å². The lowest BCUT2D eigenvalue weighted by Gasteiger charge is -2.11. The molecule has 0 aliphatic carbocycles. The SMILES string of the molecule is COc1cc2nc(OC(=O)c3cnc4ccc(Cl)cc4n3)c(C(=O)O)nc2cc1OC. The molecule has 0 fully saturated rings. The molecule has 156 valence electrons. The first kappa shape index (κ1) is 20.2. The van der Waals surface area contributed by atoms with Gasteiger partial charge in [-0.3, -0.25) is 4.98 Å². The van der Waals surface area contributed by atoms with Crippen LogP contribution in [-0.4, -0.2) is 51.2 Å². The molecule has 0 amide bonds. The van der Waals surface area contributed by atoms with Crippen LogP contribution in [0.1, 0.15) is 21.0 Å². The van der Waals surface area contributed by atoms with Gasteiger partial charge in [-0.05, 0) is 18.2 Å². The van der Waals surface area contributed by atoms with E-state index in [2.05, 4.69) is 19.9 Å². The number of carboxylic acids is 1. The van der Waals surface area contributed by atoms with Crippen molar-refractivity contribution < 1.29 is 28.9 Å². The number of hydrogen-bond donors (Lipinski definition) is 1. The molecule has 31 heavy (non-hydrogen) atoms. The third-order valence-corrected chi connectivity index (χ3v) is 4.48. The minimum atomic E-state index is -1.43. The van der Waals surface area contributed by atoms with E-state index in [0.717, 1.165) is 0 Å². The first-order valence-corrected chi connectivity index (χ1v) is 9.09. The number of nitrogens with zero attached hydrogens (tertiary/aromatic N) is 4. The average molecular weight is 441 g/mol. The van der Waals surface area contributed by atoms with Crippen molar-refractivity contribution in [3.05, 3.63) is 52.9 Å². The van der Waals surface area contributed by atoms with Crippen LogP contribution in [0.5, 0.6) is 17.4 Å². The molecule has 0 unspecified atom stereocenters. The molecule has 0 atom stereocenters. The summed E-state index contributed by atoms with van der Waals surface area (Å²) < 4.78 is 15.6. The van der Waals surface area contributed by atoms with Crippen LogP contribution < -0.4 is 14.2 Å². The minimum absolute atomic E-state index is 0.152. The smallest absolute Gasteiger partial charge is 0.365 e. The Bertz CT molecular complexity index is 1360. The number of carbonyl (C=O) groups is 2. The normalized spacial score (nSPS) is 10.8. The Balaban J connectivity index is 1.76. The van der Waals surface area contributed by atoms with E-state index in [9.17, 15) is 14.7 Å². The highest BCUT2D eigenvalue weighted by Gasteiger charge is 2.22. The molecule has 0 aliphatic rings. The topological polar surface area (TPSA) is 134 Å². The van der Waals surface area contributed by atoms with Gasteiger partial charge in [0.15, 0.2) is 17.2 Å². The Morgan fingerprint density at radius 2 is 1.55 bits per heavy atom. The molecule has 0 saturated carbocycles. The first-order chi connectivity index (χ1) is 14.9. The zero-order chi connectivity index (χ0) is 22.1. The highest BCUT2D eigenvalue weighted by atomic mass is 35.5. The Hall–Kier alpha value is -4.05. The van der Waals surface area contributed by atoms with Gasteiger partial charge in [0.1, 0.15) is 0 Å². The fraction of sp³-hybridized carbons (Fsp3) is 0.100. The van der Waals surface area contributed by atoms with E-state index < -0.39 is 23.5 Å². The van der Waals surface area contributed by atoms with Crippen molar-refractivity contribution in [2.24, 2.45) is 0 Å². The van der Waals surface area contributed by atoms with Crippen molar-refractivity contribution in [1.82, 2.24) is 19.9 Å². The van der Waals surface area contributed by atoms with Crippen LogP contribution in [0.2, 0.25) is 5.02 Å². The number of carbonyl (C=O) groups excluding carboxylic acids is 1. The van der Waals surface area contributed by atoms with Gasteiger partial charge in [0.2, 0.25) is 5.69 Å². The molecule has 10 nitrogen and oxygen atoms in total. The third-order valence-electron chi connectivity index (χ3n) is 4.24. The number of carboxylic acid groups (broad SMARTS) is 1. The lowest BCUT2D eigenvalue weighted by atomic mass is 10.2. The summed E-state index contributed by atoms with van der Waals surface area (Å²) in [4.78, 5) is 40.8. The van der Waals surface area contributed by atoms with Crippen LogP contribution in [0, 0.1) is 0 Å². The lowest BCUT2D eigenvalue weighted by molar-refractivity contribution is 0.0669. The minimum Gasteiger partial charge on any atom is -0.493 e. The zero-order valence-electron chi connectivity index (χ0n) is 16.1. The van der Waals surface area contributed by atoms with Gasteiger partial charge in [-0.25, -0.2) is 24.5 Å². The molecular formula is C20H13ClN4O6. The second-order valence-electron chi connectivity index (χ2n) is 6.16. The summed E-state index contributed by atoms with van der Waals surface area (Å²) in [7, 11) is 2.87. The third kappa shape index (κ3) is 3.88. The highest BCUT2D eigenvalue weighted by Crippen LogP contribution is 2.32. The summed E-state index contributed by atoms with van der Waals surface area (Å²) in [5.41, 5.74) is 0.655. The quantitative estimate of drug-likeness (QED) is 0.461. The van der Waals surface area contributed by atoms with Crippen LogP contribution in [-0.2, 0) is 0 Å². The van der Waals surface area contributed by atoms with Crippen LogP contribution in [0.4, 0.5) is 0 Å². The molecule has 4 rings (SSSR count). The zero-order valence-corrected chi connectivity index (χ0v) is 16.9. The number of benzene rings is 2. The van der Waals surface area contributed by atoms with Gasteiger partial charge in [0.25, 0.3) is 5.88 Å². The van der Waals surface area contributed by atoms with E-state index >= 15 is 0 Å². The summed E-state index contributed by atoms with van der Waals surface area (Å²) in [5, 5.41) is 9.94. The van der Waals surface area contributed by atoms with Gasteiger partial charge >= 0.3 is 11.9 Å². The molecule has 2 heterocycles. The van der Waals surface area contributed by atoms with Crippen molar-refractivity contribution in [3.63, 3.8) is 0 Å². The van der Waals surface area contributed by atoms with Crippen LogP contribution in [0.15, 0.2) is 36.5 Å². The monoisotopic (exact) mass is 440 g/mol. The lowest BCUT2D eigenvalue weighted by Crippen LogP contribution is -2.16. The number of fused-ring (bicyclic) bond motifs is 2. The summed E-state index contributed by atoms with van der Waals surface area (Å²) in [6, 6.07) is 7.79. The number of hydrogen-bond acceptors (Lipinski definition) is 9. The predicted octanol–water partition coefficient (Wildman–Crippen LogP) is 3.16. The molecule has 0 radical (unpaired) electrons. The number of methoxy groups -OCH3 is 2. The summed E-state index contributed by atoms with van der Waals surface area (Å²) in [6.07, 6.45) is 1.21. The molecule has 0 aliphatic heterocycles. The molecular weight excluding hydrogens is 428 g/mol. The van der Waals surface area contributed by atoms with Crippen LogP contribution >= 0.6 is 11.6 Å². The molecule has 2 aromatic heterocycles. The largest absolute Gasteiger partial charge is 0.493 e. The predicted molar refractivity (Wildman–Crippen MR) is 109 cm³/mol. The molecule has 11 heteroatoms. The summed E-state index contributed by atoms with van der Waals surface area (Å²) >= 11 is 5.95. The number of ether oxygens (including phenoxy) is 3. The number of halogens is 1. The second-order valence-corrected chi connectivity index (χ2v) is 6.59. The van der Waals surface area contributed by atoms with E-state index in [-0.39, 0.29) is 16.7 Å². The van der Waals surface area contributed by atoms with Gasteiger partial charge in [-0.2, -0.15) is 0 Å². The Morgan fingerprint density at radius 1 is 0.903 bits per heavy atom. The number of rotatable bonds is 5. The molecule has 0 bridgehead atoms. The van der Waals surface area contributed by atoms with Crippen molar-refractivity contribution in [3.8, 4) is 17.4 Å². The molecule has 2 aromatic carbocycles. The van der Waals surface area contributed by atoms with Crippen LogP contribution in [0.3, 0.4) is 0 Å². The molecule has 0 saturated heterocycles. The fourth-order valence-corrected chi connectivity index (χ4v) is 2.97. The van der Waals surface area contributed by atoms with E-state index in [1.807, 2.05) is 0 Å². The molecule has 4 aromatic rings. The highest BCUT2D eigenvalue weighted by molar-refractivity contribution is 6.31. The summed E-state index contributed by atoms with van der Waals surface area (Å²) in [5.74, 6) is -2.18. The van der Waals surface area contributed by atoms with Crippen molar-refractivity contribution in [2.75, 3.05) is 14.2 Å². The number of aromatic nitrogens is 4. The Morgan fingerprint density at radius 3 is 2.19 bits per heavy atom. The maximum absolute atomic E-state index is 12.6. The van der Waals surface area contributed by atoms with Gasteiger partial charge < -0.3 is 19.3 Å². The average Bonchev–Trinajstić information content (AvgIpc) is 2.76. The Kier molecular flexibility index (Phi) is 5.22. The van der Waals surface area contributed by atoms with Crippen molar-refractivity contribution >= 4 is 45.6 Å². The van der Waals surface area contributed by atoms with Crippen molar-refractivity contribution in [2.45, 2.75) is 0 Å². The van der Waals surface area contributed by atoms with E-state index in [4.69, 9.17) is 25.8 Å². The van der Waals surface area contributed by atoms with Gasteiger partial charge in [0, 0.05) is 17.2 Å². The molecule has 1 N–H and O–H groups in total. The van der Waals surface area contributed by atoms with E-state index in [0.29, 0.717) is 27.6 Å². The van der Waals surface area contributed by atoms with Gasteiger partial charge in [0.05, 0.1) is 42.5 Å².